The SMILES string of the molecule is CCCC1CC([C@@H](O)/C=C/[C@@H]2[C@H]3C/C(=C/CCCC(=O)O)C[C@@H]3C[C@H]2O)C1. The van der Waals surface area contributed by atoms with Crippen LogP contribution in [0.15, 0.2) is 23.8 Å². The number of rotatable bonds is 9. The first-order valence-corrected chi connectivity index (χ1v) is 10.9. The van der Waals surface area contributed by atoms with Gasteiger partial charge in [-0.2, -0.15) is 0 Å². The average Bonchev–Trinajstić information content (AvgIpc) is 3.09. The summed E-state index contributed by atoms with van der Waals surface area (Å²) in [5.41, 5.74) is 1.43. The van der Waals surface area contributed by atoms with Crippen LogP contribution in [0.1, 0.15) is 71.1 Å². The zero-order valence-corrected chi connectivity index (χ0v) is 16.6. The van der Waals surface area contributed by atoms with Crippen LogP contribution < -0.4 is 0 Å². The molecule has 4 heteroatoms. The Hall–Kier alpha value is -1.13. The minimum atomic E-state index is -0.726. The van der Waals surface area contributed by atoms with Crippen molar-refractivity contribution in [2.24, 2.45) is 29.6 Å². The Morgan fingerprint density at radius 3 is 2.74 bits per heavy atom. The van der Waals surface area contributed by atoms with E-state index in [4.69, 9.17) is 5.11 Å². The van der Waals surface area contributed by atoms with E-state index in [1.54, 1.807) is 0 Å². The first-order valence-electron chi connectivity index (χ1n) is 10.9. The molecule has 3 aliphatic rings. The molecule has 3 N–H and O–H groups in total. The second kappa shape index (κ2) is 9.38. The van der Waals surface area contributed by atoms with Gasteiger partial charge in [0.15, 0.2) is 0 Å². The van der Waals surface area contributed by atoms with Gasteiger partial charge >= 0.3 is 5.97 Å². The lowest BCUT2D eigenvalue weighted by Gasteiger charge is -2.37. The highest BCUT2D eigenvalue weighted by Crippen LogP contribution is 2.50. The molecule has 0 saturated heterocycles. The molecule has 0 heterocycles. The van der Waals surface area contributed by atoms with Crippen LogP contribution in [0.3, 0.4) is 0 Å². The third-order valence-electron chi connectivity index (χ3n) is 7.12. The summed E-state index contributed by atoms with van der Waals surface area (Å²) in [7, 11) is 0. The van der Waals surface area contributed by atoms with Gasteiger partial charge in [-0.1, -0.05) is 43.6 Å². The first-order chi connectivity index (χ1) is 13.0. The zero-order chi connectivity index (χ0) is 19.4. The Morgan fingerprint density at radius 1 is 1.26 bits per heavy atom. The van der Waals surface area contributed by atoms with Crippen molar-refractivity contribution in [1.82, 2.24) is 0 Å². The van der Waals surface area contributed by atoms with E-state index < -0.39 is 5.97 Å². The number of carboxylic acid groups (broad SMARTS) is 1. The fourth-order valence-corrected chi connectivity index (χ4v) is 5.61. The van der Waals surface area contributed by atoms with Gasteiger partial charge in [0.2, 0.25) is 0 Å². The quantitative estimate of drug-likeness (QED) is 0.414. The number of carboxylic acids is 1. The minimum absolute atomic E-state index is 0.154. The molecule has 0 aromatic rings. The van der Waals surface area contributed by atoms with Crippen molar-refractivity contribution < 1.29 is 20.1 Å². The van der Waals surface area contributed by atoms with Crippen molar-refractivity contribution in [2.75, 3.05) is 0 Å². The van der Waals surface area contributed by atoms with Gasteiger partial charge in [-0.05, 0) is 68.6 Å². The molecule has 5 atom stereocenters. The molecule has 0 amide bonds. The molecule has 3 fully saturated rings. The summed E-state index contributed by atoms with van der Waals surface area (Å²) >= 11 is 0. The summed E-state index contributed by atoms with van der Waals surface area (Å²) in [5.74, 6) is 1.64. The molecule has 0 unspecified atom stereocenters. The molecule has 0 radical (unpaired) electrons. The topological polar surface area (TPSA) is 77.8 Å². The number of aliphatic hydroxyl groups is 2. The van der Waals surface area contributed by atoms with Crippen molar-refractivity contribution >= 4 is 5.97 Å². The molecule has 27 heavy (non-hydrogen) atoms. The molecule has 152 valence electrons. The number of aliphatic hydroxyl groups excluding tert-OH is 2. The highest BCUT2D eigenvalue weighted by atomic mass is 16.4. The predicted molar refractivity (Wildman–Crippen MR) is 106 cm³/mol. The Balaban J connectivity index is 1.48. The summed E-state index contributed by atoms with van der Waals surface area (Å²) in [6, 6.07) is 0. The molecule has 3 saturated carbocycles. The number of hydrogen-bond acceptors (Lipinski definition) is 3. The summed E-state index contributed by atoms with van der Waals surface area (Å²) in [6.45, 7) is 2.22. The fraction of sp³-hybridized carbons (Fsp3) is 0.783. The Labute approximate surface area is 163 Å². The van der Waals surface area contributed by atoms with Crippen LogP contribution in [0, 0.1) is 29.6 Å². The van der Waals surface area contributed by atoms with Gasteiger partial charge in [0.05, 0.1) is 12.2 Å². The third kappa shape index (κ3) is 5.23. The maximum Gasteiger partial charge on any atom is 0.303 e. The molecular formula is C23H36O4. The number of allylic oxidation sites excluding steroid dienone is 2. The van der Waals surface area contributed by atoms with Crippen LogP contribution in [0.5, 0.6) is 0 Å². The lowest BCUT2D eigenvalue weighted by atomic mass is 9.70. The summed E-state index contributed by atoms with van der Waals surface area (Å²) in [4.78, 5) is 10.6. The first kappa shape index (κ1) is 20.6. The van der Waals surface area contributed by atoms with Crippen molar-refractivity contribution in [1.29, 1.82) is 0 Å². The van der Waals surface area contributed by atoms with Gasteiger partial charge < -0.3 is 15.3 Å². The number of unbranched alkanes of at least 4 members (excludes halogenated alkanes) is 1. The maximum absolute atomic E-state index is 10.6. The molecule has 4 nitrogen and oxygen atoms in total. The highest BCUT2D eigenvalue weighted by Gasteiger charge is 2.45. The van der Waals surface area contributed by atoms with Crippen LogP contribution in [0.25, 0.3) is 0 Å². The second-order valence-corrected chi connectivity index (χ2v) is 9.12. The normalized spacial score (nSPS) is 38.3. The lowest BCUT2D eigenvalue weighted by Crippen LogP contribution is -2.32. The van der Waals surface area contributed by atoms with Crippen molar-refractivity contribution in [3.8, 4) is 0 Å². The van der Waals surface area contributed by atoms with E-state index in [-0.39, 0.29) is 24.5 Å². The zero-order valence-electron chi connectivity index (χ0n) is 16.6. The fourth-order valence-electron chi connectivity index (χ4n) is 5.61. The monoisotopic (exact) mass is 376 g/mol. The van der Waals surface area contributed by atoms with Gasteiger partial charge in [-0.25, -0.2) is 0 Å². The molecule has 0 spiro atoms. The molecule has 0 aromatic carbocycles. The number of aliphatic carboxylic acids is 1. The van der Waals surface area contributed by atoms with Gasteiger partial charge in [0, 0.05) is 12.3 Å². The predicted octanol–water partition coefficient (Wildman–Crippen LogP) is 4.32. The minimum Gasteiger partial charge on any atom is -0.481 e. The lowest BCUT2D eigenvalue weighted by molar-refractivity contribution is -0.137. The van der Waals surface area contributed by atoms with E-state index in [0.717, 1.165) is 44.4 Å². The standard InChI is InChI=1S/C23H36O4/c1-2-5-15-11-18(12-15)21(24)9-8-19-20-13-16(6-3-4-7-23(26)27)10-17(20)14-22(19)25/h6,8-9,15,17-22,24-25H,2-5,7,10-14H2,1H3,(H,26,27)/b9-8+,16-6+/t15?,17-,18?,19-,20+,21+,22-/m1/s1. The van der Waals surface area contributed by atoms with Crippen LogP contribution in [0.4, 0.5) is 0 Å². The van der Waals surface area contributed by atoms with E-state index >= 15 is 0 Å². The number of hydrogen-bond donors (Lipinski definition) is 3. The van der Waals surface area contributed by atoms with Crippen LogP contribution in [-0.2, 0) is 4.79 Å². The smallest absolute Gasteiger partial charge is 0.303 e. The van der Waals surface area contributed by atoms with Gasteiger partial charge in [-0.3, -0.25) is 4.79 Å². The molecule has 3 aliphatic carbocycles. The largest absolute Gasteiger partial charge is 0.481 e. The summed E-state index contributed by atoms with van der Waals surface area (Å²) in [5, 5.41) is 29.7. The van der Waals surface area contributed by atoms with E-state index in [9.17, 15) is 15.0 Å². The Bertz CT molecular complexity index is 561. The molecule has 0 aliphatic heterocycles. The third-order valence-corrected chi connectivity index (χ3v) is 7.12. The van der Waals surface area contributed by atoms with E-state index in [2.05, 4.69) is 19.1 Å². The van der Waals surface area contributed by atoms with Crippen molar-refractivity contribution in [3.05, 3.63) is 23.8 Å². The van der Waals surface area contributed by atoms with Crippen molar-refractivity contribution in [2.45, 2.75) is 83.3 Å². The summed E-state index contributed by atoms with van der Waals surface area (Å²) < 4.78 is 0. The Morgan fingerprint density at radius 2 is 2.04 bits per heavy atom. The molecular weight excluding hydrogens is 340 g/mol. The van der Waals surface area contributed by atoms with Gasteiger partial charge in [0.25, 0.3) is 0 Å². The van der Waals surface area contributed by atoms with E-state index in [1.165, 1.54) is 18.4 Å². The molecule has 0 bridgehead atoms. The van der Waals surface area contributed by atoms with Crippen LogP contribution >= 0.6 is 0 Å². The van der Waals surface area contributed by atoms with E-state index in [1.807, 2.05) is 6.08 Å². The molecule has 0 aromatic heterocycles. The maximum atomic E-state index is 10.6. The molecule has 3 rings (SSSR count). The second-order valence-electron chi connectivity index (χ2n) is 9.12. The number of fused-ring (bicyclic) bond motifs is 1. The highest BCUT2D eigenvalue weighted by molar-refractivity contribution is 5.66. The van der Waals surface area contributed by atoms with Crippen LogP contribution in [-0.4, -0.2) is 33.5 Å². The van der Waals surface area contributed by atoms with Crippen molar-refractivity contribution in [3.63, 3.8) is 0 Å². The number of carbonyl (C=O) groups is 1. The van der Waals surface area contributed by atoms with E-state index in [0.29, 0.717) is 24.2 Å². The van der Waals surface area contributed by atoms with Gasteiger partial charge in [0.1, 0.15) is 0 Å². The Kier molecular flexibility index (Phi) is 7.16. The average molecular weight is 377 g/mol. The van der Waals surface area contributed by atoms with Gasteiger partial charge in [-0.15, -0.1) is 0 Å². The summed E-state index contributed by atoms with van der Waals surface area (Å²) in [6.07, 6.45) is 15.1. The van der Waals surface area contributed by atoms with Crippen LogP contribution in [0.2, 0.25) is 0 Å².